The molecule has 0 fully saturated rings. The second kappa shape index (κ2) is 7.34. The van der Waals surface area contributed by atoms with Crippen LogP contribution in [0.5, 0.6) is 0 Å². The third-order valence-electron chi connectivity index (χ3n) is 5.65. The van der Waals surface area contributed by atoms with E-state index in [0.29, 0.717) is 11.4 Å². The van der Waals surface area contributed by atoms with Crippen LogP contribution in [0.3, 0.4) is 0 Å². The average molecular weight is 437 g/mol. The second-order valence-corrected chi connectivity index (χ2v) is 10.4. The molecule has 31 heavy (non-hydrogen) atoms. The van der Waals surface area contributed by atoms with Gasteiger partial charge in [-0.15, -0.1) is 11.3 Å². The molecule has 1 aromatic carbocycles. The van der Waals surface area contributed by atoms with Crippen LogP contribution in [0.2, 0.25) is 0 Å². The van der Waals surface area contributed by atoms with Crippen molar-refractivity contribution in [1.82, 2.24) is 15.1 Å². The number of anilines is 1. The average Bonchev–Trinajstić information content (AvgIpc) is 3.32. The normalized spacial score (nSPS) is 18.8. The second-order valence-electron chi connectivity index (χ2n) is 9.44. The Morgan fingerprint density at radius 2 is 1.90 bits per heavy atom. The van der Waals surface area contributed by atoms with Gasteiger partial charge in [-0.05, 0) is 82.3 Å². The Hall–Kier alpha value is -2.93. The van der Waals surface area contributed by atoms with Crippen molar-refractivity contribution in [3.63, 3.8) is 0 Å². The molecular weight excluding hydrogens is 408 g/mol. The first-order valence-electron chi connectivity index (χ1n) is 10.4. The van der Waals surface area contributed by atoms with Crippen LogP contribution in [0.25, 0.3) is 10.6 Å². The van der Waals surface area contributed by atoms with Crippen molar-refractivity contribution < 1.29 is 9.59 Å². The third kappa shape index (κ3) is 3.78. The van der Waals surface area contributed by atoms with Gasteiger partial charge < -0.3 is 5.32 Å². The largest absolute Gasteiger partial charge is 0.349 e. The topological polar surface area (TPSA) is 67.2 Å². The van der Waals surface area contributed by atoms with Crippen LogP contribution >= 0.6 is 11.3 Å². The van der Waals surface area contributed by atoms with Gasteiger partial charge in [0.2, 0.25) is 5.91 Å². The Kier molecular flexibility index (Phi) is 5.04. The smallest absolute Gasteiger partial charge is 0.277 e. The lowest BCUT2D eigenvalue weighted by molar-refractivity contribution is -0.128. The van der Waals surface area contributed by atoms with Gasteiger partial charge in [0.25, 0.3) is 5.91 Å². The molecule has 1 aliphatic rings. The van der Waals surface area contributed by atoms with Crippen molar-refractivity contribution in [2.45, 2.75) is 59.2 Å². The molecule has 2 amide bonds. The van der Waals surface area contributed by atoms with Crippen LogP contribution in [0, 0.1) is 13.8 Å². The lowest BCUT2D eigenvalue weighted by Gasteiger charge is -2.44. The number of amides is 2. The molecule has 3 heterocycles. The molecule has 0 aliphatic carbocycles. The number of hydrogen-bond acceptors (Lipinski definition) is 4. The molecule has 0 unspecified atom stereocenters. The summed E-state index contributed by atoms with van der Waals surface area (Å²) in [6.45, 7) is 11.9. The predicted octanol–water partition coefficient (Wildman–Crippen LogP) is 4.56. The zero-order valence-electron chi connectivity index (χ0n) is 18.8. The van der Waals surface area contributed by atoms with Crippen LogP contribution in [0.15, 0.2) is 41.8 Å². The van der Waals surface area contributed by atoms with Crippen molar-refractivity contribution in [3.8, 4) is 10.6 Å². The quantitative estimate of drug-likeness (QED) is 0.654. The first-order chi connectivity index (χ1) is 14.5. The molecule has 3 aromatic rings. The molecule has 0 radical (unpaired) electrons. The molecule has 0 saturated carbocycles. The summed E-state index contributed by atoms with van der Waals surface area (Å²) in [5.74, 6) is -0.429. The summed E-state index contributed by atoms with van der Waals surface area (Å²) < 4.78 is 1.68. The maximum Gasteiger partial charge on any atom is 0.277 e. The number of carbonyl (C=O) groups is 2. The number of fused-ring (bicyclic) bond motifs is 1. The van der Waals surface area contributed by atoms with Gasteiger partial charge in [0.1, 0.15) is 16.9 Å². The Balaban J connectivity index is 1.86. The van der Waals surface area contributed by atoms with Gasteiger partial charge >= 0.3 is 0 Å². The zero-order chi connectivity index (χ0) is 22.6. The summed E-state index contributed by atoms with van der Waals surface area (Å²) in [4.78, 5) is 29.9. The molecule has 0 spiro atoms. The van der Waals surface area contributed by atoms with Gasteiger partial charge in [-0.25, -0.2) is 0 Å². The minimum absolute atomic E-state index is 0.203. The van der Waals surface area contributed by atoms with E-state index in [1.54, 1.807) is 20.9 Å². The number of thiophene rings is 1. The number of benzene rings is 1. The Morgan fingerprint density at radius 3 is 2.52 bits per heavy atom. The zero-order valence-corrected chi connectivity index (χ0v) is 19.6. The lowest BCUT2D eigenvalue weighted by atomic mass is 9.92. The van der Waals surface area contributed by atoms with E-state index in [4.69, 9.17) is 0 Å². The van der Waals surface area contributed by atoms with Crippen molar-refractivity contribution in [1.29, 1.82) is 0 Å². The number of rotatable bonds is 3. The van der Waals surface area contributed by atoms with Gasteiger partial charge in [-0.3, -0.25) is 19.2 Å². The first-order valence-corrected chi connectivity index (χ1v) is 11.2. The van der Waals surface area contributed by atoms with Crippen molar-refractivity contribution >= 4 is 28.8 Å². The molecule has 0 bridgehead atoms. The molecule has 2 aromatic heterocycles. The summed E-state index contributed by atoms with van der Waals surface area (Å²) in [5, 5.41) is 9.73. The molecule has 6 nitrogen and oxygen atoms in total. The maximum atomic E-state index is 13.8. The fraction of sp³-hybridized carbons (Fsp3) is 0.375. The summed E-state index contributed by atoms with van der Waals surface area (Å²) in [6, 6.07) is 11.6. The summed E-state index contributed by atoms with van der Waals surface area (Å²) in [6.07, 6.45) is 0. The highest BCUT2D eigenvalue weighted by Gasteiger charge is 2.49. The lowest BCUT2D eigenvalue weighted by Crippen LogP contribution is -2.66. The van der Waals surface area contributed by atoms with E-state index in [1.165, 1.54) is 0 Å². The van der Waals surface area contributed by atoms with Gasteiger partial charge in [0.05, 0.1) is 11.4 Å². The van der Waals surface area contributed by atoms with E-state index in [0.717, 1.165) is 21.7 Å². The molecule has 1 N–H and O–H groups in total. The molecule has 1 atom stereocenters. The van der Waals surface area contributed by atoms with Crippen molar-refractivity contribution in [2.75, 3.05) is 4.90 Å². The van der Waals surface area contributed by atoms with E-state index >= 15 is 0 Å². The van der Waals surface area contributed by atoms with E-state index in [2.05, 4.69) is 10.4 Å². The minimum Gasteiger partial charge on any atom is -0.349 e. The van der Waals surface area contributed by atoms with Gasteiger partial charge in [-0.2, -0.15) is 5.10 Å². The highest BCUT2D eigenvalue weighted by Crippen LogP contribution is 2.35. The van der Waals surface area contributed by atoms with Crippen LogP contribution in [0.1, 0.15) is 49.3 Å². The first kappa shape index (κ1) is 21.3. The number of carbonyl (C=O) groups excluding carboxylic acids is 2. The van der Waals surface area contributed by atoms with Gasteiger partial charge in [-0.1, -0.05) is 12.1 Å². The van der Waals surface area contributed by atoms with E-state index in [9.17, 15) is 9.59 Å². The van der Waals surface area contributed by atoms with Gasteiger partial charge in [0, 0.05) is 11.2 Å². The van der Waals surface area contributed by atoms with Crippen LogP contribution < -0.4 is 10.2 Å². The number of aromatic nitrogens is 2. The molecule has 4 rings (SSSR count). The predicted molar refractivity (Wildman–Crippen MR) is 125 cm³/mol. The Bertz CT molecular complexity index is 1160. The fourth-order valence-corrected chi connectivity index (χ4v) is 4.55. The Morgan fingerprint density at radius 1 is 1.16 bits per heavy atom. The van der Waals surface area contributed by atoms with E-state index in [1.807, 2.05) is 83.3 Å². The SMILES string of the molecule is Cc1ccc(N2C(=O)c3cc(-c4cccs4)nn3C[C@]2(C)C(=O)NC(C)(C)C)cc1C. The highest BCUT2D eigenvalue weighted by molar-refractivity contribution is 7.13. The van der Waals surface area contributed by atoms with Crippen molar-refractivity contribution in [2.24, 2.45) is 0 Å². The van der Waals surface area contributed by atoms with Crippen LogP contribution in [-0.2, 0) is 11.3 Å². The maximum absolute atomic E-state index is 13.8. The Labute approximate surface area is 186 Å². The fourth-order valence-electron chi connectivity index (χ4n) is 3.87. The van der Waals surface area contributed by atoms with E-state index < -0.39 is 11.1 Å². The van der Waals surface area contributed by atoms with Crippen molar-refractivity contribution in [3.05, 3.63) is 58.6 Å². The molecule has 1 aliphatic heterocycles. The monoisotopic (exact) mass is 436 g/mol. The number of nitrogens with one attached hydrogen (secondary N) is 1. The molecule has 162 valence electrons. The third-order valence-corrected chi connectivity index (χ3v) is 6.55. The van der Waals surface area contributed by atoms with E-state index in [-0.39, 0.29) is 18.4 Å². The number of hydrogen-bond donors (Lipinski definition) is 1. The van der Waals surface area contributed by atoms with Gasteiger partial charge in [0.15, 0.2) is 0 Å². The molecule has 0 saturated heterocycles. The summed E-state index contributed by atoms with van der Waals surface area (Å²) >= 11 is 1.58. The number of nitrogens with zero attached hydrogens (tertiary/aromatic N) is 3. The molecular formula is C24H28N4O2S. The summed E-state index contributed by atoms with van der Waals surface area (Å²) in [7, 11) is 0. The standard InChI is InChI=1S/C24H28N4O2S/c1-15-9-10-17(12-16(15)2)28-21(29)19-13-18(20-8-7-11-31-20)26-27(19)14-24(28,6)22(30)25-23(3,4)5/h7-13H,14H2,1-6H3,(H,25,30)/t24-/m1/s1. The highest BCUT2D eigenvalue weighted by atomic mass is 32.1. The minimum atomic E-state index is -1.13. The molecule has 7 heteroatoms. The van der Waals surface area contributed by atoms with Crippen LogP contribution in [-0.4, -0.2) is 32.7 Å². The summed E-state index contributed by atoms with van der Waals surface area (Å²) in [5.41, 5.74) is 2.61. The van der Waals surface area contributed by atoms with Crippen LogP contribution in [0.4, 0.5) is 5.69 Å². The number of aryl methyl sites for hydroxylation is 2.